The fourth-order valence-corrected chi connectivity index (χ4v) is 7.87. The van der Waals surface area contributed by atoms with Gasteiger partial charge >= 0.3 is 0 Å². The van der Waals surface area contributed by atoms with Crippen molar-refractivity contribution in [3.05, 3.63) is 36.0 Å². The molecule has 0 radical (unpaired) electrons. The molecule has 228 valence electrons. The molecule has 1 aliphatic heterocycles. The zero-order valence-corrected chi connectivity index (χ0v) is 26.3. The third-order valence-electron chi connectivity index (χ3n) is 9.57. The lowest BCUT2D eigenvalue weighted by Crippen LogP contribution is -2.55. The van der Waals surface area contributed by atoms with Gasteiger partial charge in [-0.2, -0.15) is 0 Å². The summed E-state index contributed by atoms with van der Waals surface area (Å²) in [6, 6.07) is 7.01. The highest BCUT2D eigenvalue weighted by molar-refractivity contribution is 7.93. The molecule has 5 rings (SSSR count). The minimum Gasteiger partial charge on any atom is -0.472 e. The molecule has 1 saturated heterocycles. The van der Waals surface area contributed by atoms with Gasteiger partial charge in [-0.15, -0.1) is 0 Å². The number of aromatic nitrogens is 1. The Bertz CT molecular complexity index is 1510. The SMILES string of the molecule is CC[C@@H]1C[C@]1(NC(=O)[C@@H]1C[C@@H](Oc2nccc3cccc(C)c23)CN1C(=O)[C@@H](C)C(C)(C)C)C(=O)CS(=O)(=O)C1CC1. The van der Waals surface area contributed by atoms with Crippen LogP contribution in [0.5, 0.6) is 5.88 Å². The highest BCUT2D eigenvalue weighted by atomic mass is 32.2. The van der Waals surface area contributed by atoms with Crippen molar-refractivity contribution in [2.45, 2.75) is 96.6 Å². The lowest BCUT2D eigenvalue weighted by atomic mass is 9.81. The Balaban J connectivity index is 1.40. The number of nitrogens with zero attached hydrogens (tertiary/aromatic N) is 2. The molecule has 2 aliphatic carbocycles. The summed E-state index contributed by atoms with van der Waals surface area (Å²) < 4.78 is 31.7. The Hall–Kier alpha value is -3.01. The van der Waals surface area contributed by atoms with Crippen LogP contribution in [0.15, 0.2) is 30.5 Å². The largest absolute Gasteiger partial charge is 0.472 e. The molecular formula is C32H43N3O6S. The number of benzene rings is 1. The fourth-order valence-electron chi connectivity index (χ4n) is 6.16. The lowest BCUT2D eigenvalue weighted by Gasteiger charge is -2.33. The standard InChI is InChI=1S/C32H43N3O6S/c1-7-22-16-32(22,26(36)18-42(39,40)24-11-12-24)34-28(37)25-15-23(17-35(25)30(38)20(3)31(4,5)6)41-29-27-19(2)9-8-10-21(27)13-14-33-29/h8-10,13-14,20,22-25H,7,11-12,15-18H2,1-6H3,(H,34,37)/t20-,22-,23-,25+,32-/m1/s1. The second-order valence-corrected chi connectivity index (χ2v) is 15.8. The summed E-state index contributed by atoms with van der Waals surface area (Å²) in [6.07, 6.45) is 3.66. The first-order valence-corrected chi connectivity index (χ1v) is 16.8. The van der Waals surface area contributed by atoms with Crippen LogP contribution in [0.25, 0.3) is 10.8 Å². The van der Waals surface area contributed by atoms with Gasteiger partial charge in [0.1, 0.15) is 23.4 Å². The molecule has 2 heterocycles. The number of amides is 2. The van der Waals surface area contributed by atoms with Gasteiger partial charge in [-0.1, -0.05) is 59.2 Å². The fraction of sp³-hybridized carbons (Fsp3) is 0.625. The average molecular weight is 598 g/mol. The number of ketones is 1. The zero-order chi connectivity index (χ0) is 30.6. The number of carbonyl (C=O) groups is 3. The molecule has 5 atom stereocenters. The van der Waals surface area contributed by atoms with Crippen LogP contribution in [0.2, 0.25) is 0 Å². The molecule has 1 aromatic carbocycles. The molecule has 42 heavy (non-hydrogen) atoms. The summed E-state index contributed by atoms with van der Waals surface area (Å²) in [5.41, 5.74) is -0.521. The number of pyridine rings is 1. The number of ether oxygens (including phenoxy) is 1. The van der Waals surface area contributed by atoms with Gasteiger partial charge in [0.25, 0.3) is 0 Å². The number of hydrogen-bond acceptors (Lipinski definition) is 7. The summed E-state index contributed by atoms with van der Waals surface area (Å²) in [5.74, 6) is -1.64. The van der Waals surface area contributed by atoms with E-state index in [1.807, 2.05) is 65.8 Å². The number of fused-ring (bicyclic) bond motifs is 1. The van der Waals surface area contributed by atoms with E-state index in [0.29, 0.717) is 31.6 Å². The second-order valence-electron chi connectivity index (χ2n) is 13.6. The molecule has 2 amide bonds. The summed E-state index contributed by atoms with van der Waals surface area (Å²) in [7, 11) is -3.52. The van der Waals surface area contributed by atoms with Gasteiger partial charge in [-0.05, 0) is 54.5 Å². The van der Waals surface area contributed by atoms with Crippen molar-refractivity contribution in [1.29, 1.82) is 0 Å². The Labute approximate surface area is 248 Å². The van der Waals surface area contributed by atoms with Crippen molar-refractivity contribution >= 4 is 38.2 Å². The molecule has 1 aromatic heterocycles. The first-order chi connectivity index (χ1) is 19.7. The predicted octanol–water partition coefficient (Wildman–Crippen LogP) is 4.00. The molecule has 0 bridgehead atoms. The molecular weight excluding hydrogens is 554 g/mol. The van der Waals surface area contributed by atoms with E-state index in [1.54, 1.807) is 11.1 Å². The molecule has 2 saturated carbocycles. The third kappa shape index (κ3) is 5.79. The van der Waals surface area contributed by atoms with E-state index in [0.717, 1.165) is 16.3 Å². The van der Waals surface area contributed by atoms with Crippen LogP contribution in [0.3, 0.4) is 0 Å². The van der Waals surface area contributed by atoms with E-state index in [1.165, 1.54) is 0 Å². The number of hydrogen-bond donors (Lipinski definition) is 1. The number of likely N-dealkylation sites (tertiary alicyclic amines) is 1. The Morgan fingerprint density at radius 2 is 1.90 bits per heavy atom. The quantitative estimate of drug-likeness (QED) is 0.439. The summed E-state index contributed by atoms with van der Waals surface area (Å²) >= 11 is 0. The topological polar surface area (TPSA) is 123 Å². The van der Waals surface area contributed by atoms with Crippen molar-refractivity contribution in [2.75, 3.05) is 12.3 Å². The van der Waals surface area contributed by atoms with Gasteiger partial charge in [0.05, 0.1) is 11.8 Å². The molecule has 3 aliphatic rings. The van der Waals surface area contributed by atoms with Crippen LogP contribution in [-0.4, -0.2) is 71.1 Å². The second kappa shape index (κ2) is 10.9. The smallest absolute Gasteiger partial charge is 0.243 e. The van der Waals surface area contributed by atoms with Crippen molar-refractivity contribution in [3.63, 3.8) is 0 Å². The summed E-state index contributed by atoms with van der Waals surface area (Å²) in [5, 5.41) is 4.39. The number of sulfone groups is 1. The van der Waals surface area contributed by atoms with Gasteiger partial charge in [-0.25, -0.2) is 13.4 Å². The maximum atomic E-state index is 14.0. The molecule has 3 fully saturated rings. The minimum atomic E-state index is -3.52. The Morgan fingerprint density at radius 1 is 1.19 bits per heavy atom. The molecule has 0 spiro atoms. The van der Waals surface area contributed by atoms with Crippen LogP contribution < -0.4 is 10.1 Å². The summed E-state index contributed by atoms with van der Waals surface area (Å²) in [4.78, 5) is 47.2. The Morgan fingerprint density at radius 3 is 2.52 bits per heavy atom. The molecule has 0 unspecified atom stereocenters. The zero-order valence-electron chi connectivity index (χ0n) is 25.5. The maximum Gasteiger partial charge on any atom is 0.243 e. The lowest BCUT2D eigenvalue weighted by molar-refractivity contribution is -0.144. The molecule has 9 nitrogen and oxygen atoms in total. The van der Waals surface area contributed by atoms with Gasteiger partial charge < -0.3 is 15.0 Å². The molecule has 10 heteroatoms. The van der Waals surface area contributed by atoms with E-state index in [2.05, 4.69) is 10.3 Å². The van der Waals surface area contributed by atoms with Gasteiger partial charge in [0.15, 0.2) is 15.6 Å². The van der Waals surface area contributed by atoms with Crippen molar-refractivity contribution in [3.8, 4) is 5.88 Å². The van der Waals surface area contributed by atoms with Crippen molar-refractivity contribution in [1.82, 2.24) is 15.2 Å². The van der Waals surface area contributed by atoms with Crippen LogP contribution in [0, 0.1) is 24.2 Å². The number of nitrogens with one attached hydrogen (secondary N) is 1. The number of carbonyl (C=O) groups excluding carboxylic acids is 3. The van der Waals surface area contributed by atoms with Gasteiger partial charge in [0, 0.05) is 23.9 Å². The predicted molar refractivity (Wildman–Crippen MR) is 161 cm³/mol. The third-order valence-corrected chi connectivity index (χ3v) is 11.7. The molecule has 1 N–H and O–H groups in total. The van der Waals surface area contributed by atoms with Crippen LogP contribution >= 0.6 is 0 Å². The van der Waals surface area contributed by atoms with E-state index < -0.39 is 50.2 Å². The minimum absolute atomic E-state index is 0.127. The van der Waals surface area contributed by atoms with Crippen LogP contribution in [-0.2, 0) is 24.2 Å². The number of aryl methyl sites for hydroxylation is 1. The van der Waals surface area contributed by atoms with Crippen molar-refractivity contribution in [2.24, 2.45) is 17.3 Å². The van der Waals surface area contributed by atoms with Crippen molar-refractivity contribution < 1.29 is 27.5 Å². The maximum absolute atomic E-state index is 14.0. The highest BCUT2D eigenvalue weighted by Crippen LogP contribution is 2.48. The van der Waals surface area contributed by atoms with Crippen LogP contribution in [0.1, 0.15) is 72.3 Å². The van der Waals surface area contributed by atoms with E-state index in [-0.39, 0.29) is 36.1 Å². The normalized spacial score (nSPS) is 26.6. The van der Waals surface area contributed by atoms with E-state index in [4.69, 9.17) is 4.74 Å². The van der Waals surface area contributed by atoms with Crippen LogP contribution in [0.4, 0.5) is 0 Å². The van der Waals surface area contributed by atoms with E-state index in [9.17, 15) is 22.8 Å². The first-order valence-electron chi connectivity index (χ1n) is 15.1. The monoisotopic (exact) mass is 597 g/mol. The van der Waals surface area contributed by atoms with Gasteiger partial charge in [-0.3, -0.25) is 14.4 Å². The highest BCUT2D eigenvalue weighted by Gasteiger charge is 2.61. The van der Waals surface area contributed by atoms with E-state index >= 15 is 0 Å². The summed E-state index contributed by atoms with van der Waals surface area (Å²) in [6.45, 7) is 12.0. The molecule has 2 aromatic rings. The Kier molecular flexibility index (Phi) is 7.92. The first kappa shape index (κ1) is 30.4. The number of rotatable bonds is 10. The number of Topliss-reactive ketones (excluding diaryl/α,β-unsaturated/α-hetero) is 1. The van der Waals surface area contributed by atoms with Gasteiger partial charge in [0.2, 0.25) is 17.7 Å². The average Bonchev–Trinajstić information content (AvgIpc) is 3.84.